The van der Waals surface area contributed by atoms with Gasteiger partial charge in [-0.1, -0.05) is 47.5 Å². The Morgan fingerprint density at radius 3 is 2.48 bits per heavy atom. The molecular formula is C22H17Cl2N3O2. The molecule has 0 unspecified atom stereocenters. The molecule has 0 aliphatic carbocycles. The van der Waals surface area contributed by atoms with Crippen LogP contribution in [0.4, 0.5) is 5.69 Å². The largest absolute Gasteiger partial charge is 0.484 e. The molecule has 0 saturated heterocycles. The minimum Gasteiger partial charge on any atom is -0.484 e. The molecule has 29 heavy (non-hydrogen) atoms. The molecule has 5 nitrogen and oxygen atoms in total. The number of carbonyl (C=O) groups is 1. The zero-order valence-electron chi connectivity index (χ0n) is 15.3. The van der Waals surface area contributed by atoms with Crippen LogP contribution >= 0.6 is 23.2 Å². The molecule has 4 aromatic rings. The molecule has 0 bridgehead atoms. The number of ether oxygens (including phenoxy) is 1. The molecule has 0 radical (unpaired) electrons. The van der Waals surface area contributed by atoms with Crippen molar-refractivity contribution in [2.75, 3.05) is 5.32 Å². The topological polar surface area (TPSA) is 56.2 Å². The van der Waals surface area contributed by atoms with Crippen molar-refractivity contribution in [2.45, 2.75) is 13.2 Å². The molecule has 146 valence electrons. The van der Waals surface area contributed by atoms with E-state index >= 15 is 0 Å². The number of hydrogen-bond acceptors (Lipinski definition) is 3. The van der Waals surface area contributed by atoms with Crippen molar-refractivity contribution in [1.29, 1.82) is 0 Å². The first-order chi connectivity index (χ1) is 14.1. The van der Waals surface area contributed by atoms with E-state index in [-0.39, 0.29) is 19.1 Å². The zero-order valence-corrected chi connectivity index (χ0v) is 16.8. The molecular weight excluding hydrogens is 409 g/mol. The second-order valence-electron chi connectivity index (χ2n) is 6.38. The van der Waals surface area contributed by atoms with E-state index < -0.39 is 0 Å². The van der Waals surface area contributed by atoms with Gasteiger partial charge in [0.2, 0.25) is 5.91 Å². The lowest BCUT2D eigenvalue weighted by atomic mass is 10.3. The monoisotopic (exact) mass is 425 g/mol. The second-order valence-corrected chi connectivity index (χ2v) is 7.22. The number of aromatic nitrogens is 2. The fraction of sp³-hybridized carbons (Fsp3) is 0.0909. The van der Waals surface area contributed by atoms with Gasteiger partial charge >= 0.3 is 0 Å². The number of hydrogen-bond donors (Lipinski definition) is 1. The van der Waals surface area contributed by atoms with Gasteiger partial charge in [-0.05, 0) is 48.5 Å². The first-order valence-electron chi connectivity index (χ1n) is 8.97. The normalized spacial score (nSPS) is 10.8. The van der Waals surface area contributed by atoms with E-state index in [4.69, 9.17) is 27.9 Å². The molecule has 1 amide bonds. The summed E-state index contributed by atoms with van der Waals surface area (Å²) >= 11 is 12.1. The van der Waals surface area contributed by atoms with E-state index in [1.807, 2.05) is 41.0 Å². The number of fused-ring (bicyclic) bond motifs is 1. The average molecular weight is 426 g/mol. The molecule has 3 aromatic carbocycles. The molecule has 0 aliphatic heterocycles. The third-order valence-corrected chi connectivity index (χ3v) is 4.92. The summed E-state index contributed by atoms with van der Waals surface area (Å²) in [6.45, 7) is 0.289. The number of nitrogens with zero attached hydrogens (tertiary/aromatic N) is 2. The third-order valence-electron chi connectivity index (χ3n) is 4.36. The number of anilines is 1. The van der Waals surface area contributed by atoms with Crippen LogP contribution in [0, 0.1) is 0 Å². The van der Waals surface area contributed by atoms with Crippen molar-refractivity contribution in [2.24, 2.45) is 0 Å². The van der Waals surface area contributed by atoms with Crippen molar-refractivity contribution < 1.29 is 9.53 Å². The van der Waals surface area contributed by atoms with Crippen molar-refractivity contribution in [3.05, 3.63) is 88.7 Å². The number of imidazole rings is 1. The maximum atomic E-state index is 12.6. The number of halogens is 2. The summed E-state index contributed by atoms with van der Waals surface area (Å²) in [5.41, 5.74) is 2.33. The van der Waals surface area contributed by atoms with E-state index in [9.17, 15) is 4.79 Å². The molecule has 0 aliphatic rings. The van der Waals surface area contributed by atoms with Gasteiger partial charge in [0.1, 0.15) is 24.7 Å². The van der Waals surface area contributed by atoms with Gasteiger partial charge in [-0.15, -0.1) is 0 Å². The average Bonchev–Trinajstić information content (AvgIpc) is 3.06. The summed E-state index contributed by atoms with van der Waals surface area (Å²) in [4.78, 5) is 17.3. The Labute approximate surface area is 177 Å². The van der Waals surface area contributed by atoms with E-state index in [0.717, 1.165) is 11.0 Å². The van der Waals surface area contributed by atoms with Gasteiger partial charge in [-0.3, -0.25) is 4.79 Å². The Balaban J connectivity index is 1.57. The minimum atomic E-state index is -0.172. The number of amides is 1. The van der Waals surface area contributed by atoms with Gasteiger partial charge in [0, 0.05) is 10.7 Å². The number of para-hydroxylation sites is 3. The highest BCUT2D eigenvalue weighted by Crippen LogP contribution is 2.25. The van der Waals surface area contributed by atoms with Gasteiger partial charge in [0.25, 0.3) is 0 Å². The van der Waals surface area contributed by atoms with Crippen LogP contribution in [-0.2, 0) is 17.9 Å². The van der Waals surface area contributed by atoms with Crippen molar-refractivity contribution in [3.8, 4) is 5.75 Å². The number of rotatable bonds is 6. The van der Waals surface area contributed by atoms with Gasteiger partial charge < -0.3 is 14.6 Å². The quantitative estimate of drug-likeness (QED) is 0.439. The van der Waals surface area contributed by atoms with Crippen molar-refractivity contribution in [3.63, 3.8) is 0 Å². The van der Waals surface area contributed by atoms with Crippen LogP contribution in [0.2, 0.25) is 10.0 Å². The maximum Gasteiger partial charge on any atom is 0.244 e. The third kappa shape index (κ3) is 4.53. The summed E-state index contributed by atoms with van der Waals surface area (Å²) in [7, 11) is 0. The lowest BCUT2D eigenvalue weighted by Crippen LogP contribution is -2.20. The summed E-state index contributed by atoms with van der Waals surface area (Å²) in [6.07, 6.45) is 0. The lowest BCUT2D eigenvalue weighted by molar-refractivity contribution is -0.116. The lowest BCUT2D eigenvalue weighted by Gasteiger charge is -2.12. The van der Waals surface area contributed by atoms with Crippen LogP contribution in [0.5, 0.6) is 5.75 Å². The smallest absolute Gasteiger partial charge is 0.244 e. The predicted octanol–water partition coefficient (Wildman–Crippen LogP) is 5.56. The molecule has 0 spiro atoms. The Bertz CT molecular complexity index is 1160. The Hall–Kier alpha value is -3.02. The first-order valence-corrected chi connectivity index (χ1v) is 9.72. The Kier molecular flexibility index (Phi) is 5.69. The highest BCUT2D eigenvalue weighted by Gasteiger charge is 2.15. The highest BCUT2D eigenvalue weighted by molar-refractivity contribution is 6.32. The van der Waals surface area contributed by atoms with Crippen LogP contribution in [0.25, 0.3) is 11.0 Å². The maximum absolute atomic E-state index is 12.6. The van der Waals surface area contributed by atoms with Gasteiger partial charge in [0.15, 0.2) is 0 Å². The van der Waals surface area contributed by atoms with Crippen LogP contribution in [0.15, 0.2) is 72.8 Å². The molecule has 1 aromatic heterocycles. The number of nitrogens with one attached hydrogen (secondary N) is 1. The molecule has 0 atom stereocenters. The van der Waals surface area contributed by atoms with Crippen LogP contribution in [0.1, 0.15) is 5.82 Å². The predicted molar refractivity (Wildman–Crippen MR) is 116 cm³/mol. The SMILES string of the molecule is O=C(Cn1c(COc2ccccc2Cl)nc2ccccc21)Nc1ccc(Cl)cc1. The Morgan fingerprint density at radius 1 is 0.966 bits per heavy atom. The fourth-order valence-corrected chi connectivity index (χ4v) is 3.31. The molecule has 1 heterocycles. The van der Waals surface area contributed by atoms with E-state index in [0.29, 0.717) is 27.3 Å². The standard InChI is InChI=1S/C22H17Cl2N3O2/c23-15-9-11-16(12-10-15)25-22(28)13-27-19-7-3-2-6-18(19)26-21(27)14-29-20-8-4-1-5-17(20)24/h1-12H,13-14H2,(H,25,28). The first kappa shape index (κ1) is 19.3. The molecule has 7 heteroatoms. The van der Waals surface area contributed by atoms with Crippen LogP contribution < -0.4 is 10.1 Å². The second kappa shape index (κ2) is 8.55. The summed E-state index contributed by atoms with van der Waals surface area (Å²) < 4.78 is 7.69. The van der Waals surface area contributed by atoms with E-state index in [1.54, 1.807) is 36.4 Å². The molecule has 0 fully saturated rings. The van der Waals surface area contributed by atoms with Crippen LogP contribution in [-0.4, -0.2) is 15.5 Å². The summed E-state index contributed by atoms with van der Waals surface area (Å²) in [6, 6.07) is 21.9. The summed E-state index contributed by atoms with van der Waals surface area (Å²) in [5.74, 6) is 1.03. The van der Waals surface area contributed by atoms with Crippen molar-refractivity contribution in [1.82, 2.24) is 9.55 Å². The number of benzene rings is 3. The fourth-order valence-electron chi connectivity index (χ4n) is 2.99. The van der Waals surface area contributed by atoms with Gasteiger partial charge in [0.05, 0.1) is 16.1 Å². The van der Waals surface area contributed by atoms with Crippen LogP contribution in [0.3, 0.4) is 0 Å². The molecule has 4 rings (SSSR count). The van der Waals surface area contributed by atoms with E-state index in [1.165, 1.54) is 0 Å². The highest BCUT2D eigenvalue weighted by atomic mass is 35.5. The van der Waals surface area contributed by atoms with Crippen molar-refractivity contribution >= 4 is 45.8 Å². The summed E-state index contributed by atoms with van der Waals surface area (Å²) in [5, 5.41) is 4.01. The number of carbonyl (C=O) groups excluding carboxylic acids is 1. The molecule has 1 N–H and O–H groups in total. The zero-order chi connectivity index (χ0) is 20.2. The molecule has 0 saturated carbocycles. The Morgan fingerprint density at radius 2 is 1.69 bits per heavy atom. The minimum absolute atomic E-state index is 0.102. The van der Waals surface area contributed by atoms with Gasteiger partial charge in [-0.25, -0.2) is 4.98 Å². The van der Waals surface area contributed by atoms with Gasteiger partial charge in [-0.2, -0.15) is 0 Å². The van der Waals surface area contributed by atoms with E-state index in [2.05, 4.69) is 10.3 Å².